The van der Waals surface area contributed by atoms with Crippen LogP contribution in [0.2, 0.25) is 0 Å². The van der Waals surface area contributed by atoms with Crippen molar-refractivity contribution in [2.45, 2.75) is 6.61 Å². The fourth-order valence-electron chi connectivity index (χ4n) is 2.56. The third-order valence-corrected chi connectivity index (χ3v) is 3.95. The third kappa shape index (κ3) is 3.54. The number of benzene rings is 2. The van der Waals surface area contributed by atoms with Crippen LogP contribution in [0.1, 0.15) is 26.5 Å². The largest absolute Gasteiger partial charge is 0.618 e. The zero-order valence-electron chi connectivity index (χ0n) is 15.0. The van der Waals surface area contributed by atoms with Crippen molar-refractivity contribution in [3.05, 3.63) is 70.4 Å². The Kier molecular flexibility index (Phi) is 5.35. The molecule has 0 fully saturated rings. The highest BCUT2D eigenvalue weighted by Gasteiger charge is 2.28. The molecule has 28 heavy (non-hydrogen) atoms. The topological polar surface area (TPSA) is 102 Å². The van der Waals surface area contributed by atoms with Crippen molar-refractivity contribution >= 4 is 23.0 Å². The maximum absolute atomic E-state index is 13.7. The summed E-state index contributed by atoms with van der Waals surface area (Å²) in [6.07, 6.45) is 0. The van der Waals surface area contributed by atoms with Gasteiger partial charge in [-0.1, -0.05) is 12.1 Å². The quantitative estimate of drug-likeness (QED) is 0.376. The first-order valence-corrected chi connectivity index (χ1v) is 8.06. The summed E-state index contributed by atoms with van der Waals surface area (Å²) in [5, 5.41) is 12.7. The summed E-state index contributed by atoms with van der Waals surface area (Å²) in [6, 6.07) is 9.80. The number of rotatable bonds is 5. The number of esters is 2. The van der Waals surface area contributed by atoms with E-state index in [1.165, 1.54) is 37.4 Å². The van der Waals surface area contributed by atoms with E-state index < -0.39 is 30.1 Å². The second-order valence-electron chi connectivity index (χ2n) is 5.60. The van der Waals surface area contributed by atoms with Crippen molar-refractivity contribution in [3.63, 3.8) is 0 Å². The number of fused-ring (bicyclic) bond motifs is 1. The number of ether oxygens (including phenoxy) is 3. The average molecular weight is 386 g/mol. The molecule has 0 amide bonds. The molecule has 3 rings (SSSR count). The Balaban J connectivity index is 2.00. The molecular formula is C19H15FN2O6. The van der Waals surface area contributed by atoms with Crippen LogP contribution in [0.3, 0.4) is 0 Å². The molecule has 0 saturated carbocycles. The Morgan fingerprint density at radius 3 is 2.57 bits per heavy atom. The van der Waals surface area contributed by atoms with E-state index in [0.717, 1.165) is 13.2 Å². The molecule has 8 nitrogen and oxygen atoms in total. The Hall–Kier alpha value is -3.75. The van der Waals surface area contributed by atoms with E-state index in [0.29, 0.717) is 10.5 Å². The summed E-state index contributed by atoms with van der Waals surface area (Å²) in [7, 11) is 2.54. The highest BCUT2D eigenvalue weighted by atomic mass is 19.1. The number of nitrogens with zero attached hydrogens (tertiary/aromatic N) is 2. The summed E-state index contributed by atoms with van der Waals surface area (Å²) >= 11 is 0. The van der Waals surface area contributed by atoms with E-state index in [4.69, 9.17) is 9.47 Å². The van der Waals surface area contributed by atoms with Crippen LogP contribution in [0.4, 0.5) is 4.39 Å². The maximum atomic E-state index is 13.7. The van der Waals surface area contributed by atoms with Gasteiger partial charge in [-0.3, -0.25) is 0 Å². The minimum absolute atomic E-state index is 0.0731. The van der Waals surface area contributed by atoms with E-state index in [2.05, 4.69) is 9.72 Å². The molecule has 0 unspecified atom stereocenters. The number of carbonyl (C=O) groups is 2. The van der Waals surface area contributed by atoms with E-state index in [1.807, 2.05) is 0 Å². The third-order valence-electron chi connectivity index (χ3n) is 3.95. The molecule has 0 saturated heterocycles. The number of aromatic nitrogens is 2. The van der Waals surface area contributed by atoms with Crippen molar-refractivity contribution < 1.29 is 32.9 Å². The first-order valence-electron chi connectivity index (χ1n) is 8.06. The van der Waals surface area contributed by atoms with Crippen molar-refractivity contribution in [2.24, 2.45) is 0 Å². The molecule has 1 heterocycles. The molecule has 3 aromatic rings. The molecule has 0 aliphatic heterocycles. The summed E-state index contributed by atoms with van der Waals surface area (Å²) in [4.78, 5) is 28.4. The van der Waals surface area contributed by atoms with Gasteiger partial charge in [-0.05, 0) is 24.3 Å². The Labute approximate surface area is 158 Å². The van der Waals surface area contributed by atoms with Gasteiger partial charge in [0.05, 0.1) is 25.8 Å². The SMILES string of the molecule is COC(=O)c1c(COC(=O)c2ccccc2F)nc2ccc(OC)cc2[n+]1[O-]. The Morgan fingerprint density at radius 1 is 1.14 bits per heavy atom. The van der Waals surface area contributed by atoms with E-state index in [-0.39, 0.29) is 22.3 Å². The van der Waals surface area contributed by atoms with Crippen LogP contribution < -0.4 is 9.47 Å². The van der Waals surface area contributed by atoms with Gasteiger partial charge in [-0.15, -0.1) is 0 Å². The number of hydrogen-bond acceptors (Lipinski definition) is 7. The van der Waals surface area contributed by atoms with Crippen molar-refractivity contribution in [2.75, 3.05) is 14.2 Å². The molecule has 1 aromatic heterocycles. The van der Waals surface area contributed by atoms with Gasteiger partial charge < -0.3 is 19.4 Å². The number of methoxy groups -OCH3 is 2. The highest BCUT2D eigenvalue weighted by molar-refractivity contribution is 5.90. The lowest BCUT2D eigenvalue weighted by molar-refractivity contribution is -0.581. The second-order valence-corrected chi connectivity index (χ2v) is 5.60. The van der Waals surface area contributed by atoms with Gasteiger partial charge in [0, 0.05) is 0 Å². The molecule has 0 spiro atoms. The fourth-order valence-corrected chi connectivity index (χ4v) is 2.56. The van der Waals surface area contributed by atoms with Crippen LogP contribution in [-0.2, 0) is 16.1 Å². The predicted octanol–water partition coefficient (Wildman–Crippen LogP) is 2.16. The molecule has 0 aliphatic carbocycles. The molecule has 0 bridgehead atoms. The fraction of sp³-hybridized carbons (Fsp3) is 0.158. The zero-order chi connectivity index (χ0) is 20.3. The van der Waals surface area contributed by atoms with E-state index in [9.17, 15) is 19.2 Å². The maximum Gasteiger partial charge on any atom is 0.406 e. The number of halogens is 1. The van der Waals surface area contributed by atoms with Crippen LogP contribution in [0, 0.1) is 11.0 Å². The Bertz CT molecular complexity index is 1070. The zero-order valence-corrected chi connectivity index (χ0v) is 15.0. The van der Waals surface area contributed by atoms with Gasteiger partial charge >= 0.3 is 17.6 Å². The molecule has 0 N–H and O–H groups in total. The first-order chi connectivity index (χ1) is 13.5. The lowest BCUT2D eigenvalue weighted by Gasteiger charge is -2.11. The minimum atomic E-state index is -0.956. The summed E-state index contributed by atoms with van der Waals surface area (Å²) in [5.41, 5.74) is -0.513. The molecule has 0 aliphatic rings. The van der Waals surface area contributed by atoms with Crippen LogP contribution in [0.5, 0.6) is 5.75 Å². The van der Waals surface area contributed by atoms with Gasteiger partial charge in [0.15, 0.2) is 5.69 Å². The van der Waals surface area contributed by atoms with Gasteiger partial charge in [-0.25, -0.2) is 19.0 Å². The standard InChI is InChI=1S/C19H15FN2O6/c1-26-11-7-8-14-16(9-11)22(25)17(19(24)27-2)15(21-14)10-28-18(23)12-5-3-4-6-13(12)20/h3-9H,10H2,1-2H3. The molecular weight excluding hydrogens is 371 g/mol. The monoisotopic (exact) mass is 386 g/mol. The van der Waals surface area contributed by atoms with Crippen LogP contribution in [0.25, 0.3) is 11.0 Å². The van der Waals surface area contributed by atoms with Gasteiger partial charge in [0.2, 0.25) is 5.52 Å². The second kappa shape index (κ2) is 7.87. The predicted molar refractivity (Wildman–Crippen MR) is 94.1 cm³/mol. The molecule has 144 valence electrons. The normalized spacial score (nSPS) is 10.5. The minimum Gasteiger partial charge on any atom is -0.618 e. The molecule has 2 aromatic carbocycles. The van der Waals surface area contributed by atoms with E-state index in [1.54, 1.807) is 6.07 Å². The van der Waals surface area contributed by atoms with Crippen LogP contribution >= 0.6 is 0 Å². The lowest BCUT2D eigenvalue weighted by Crippen LogP contribution is -2.38. The molecule has 0 radical (unpaired) electrons. The first kappa shape index (κ1) is 19.0. The molecule has 9 heteroatoms. The summed E-state index contributed by atoms with van der Waals surface area (Å²) < 4.78 is 28.8. The number of carbonyl (C=O) groups excluding carboxylic acids is 2. The van der Waals surface area contributed by atoms with Crippen molar-refractivity contribution in [1.29, 1.82) is 0 Å². The number of hydrogen-bond donors (Lipinski definition) is 0. The van der Waals surface area contributed by atoms with Gasteiger partial charge in [-0.2, -0.15) is 4.73 Å². The van der Waals surface area contributed by atoms with Crippen molar-refractivity contribution in [3.8, 4) is 5.75 Å². The molecule has 0 atom stereocenters. The smallest absolute Gasteiger partial charge is 0.406 e. The summed E-state index contributed by atoms with van der Waals surface area (Å²) in [5.74, 6) is -2.27. The van der Waals surface area contributed by atoms with E-state index >= 15 is 0 Å². The lowest BCUT2D eigenvalue weighted by atomic mass is 10.2. The average Bonchev–Trinajstić information content (AvgIpc) is 2.71. The van der Waals surface area contributed by atoms with Gasteiger partial charge in [0.25, 0.3) is 0 Å². The van der Waals surface area contributed by atoms with Gasteiger partial charge in [0.1, 0.15) is 23.7 Å². The highest BCUT2D eigenvalue weighted by Crippen LogP contribution is 2.19. The van der Waals surface area contributed by atoms with Crippen molar-refractivity contribution in [1.82, 2.24) is 4.98 Å². The summed E-state index contributed by atoms with van der Waals surface area (Å²) in [6.45, 7) is -0.526. The Morgan fingerprint density at radius 2 is 1.89 bits per heavy atom. The van der Waals surface area contributed by atoms with Crippen LogP contribution in [-0.4, -0.2) is 31.1 Å². The van der Waals surface area contributed by atoms with Crippen LogP contribution in [0.15, 0.2) is 42.5 Å².